The molecule has 0 fully saturated rings. The van der Waals surface area contributed by atoms with E-state index in [1.165, 1.54) is 18.2 Å². The molecule has 2 N–H and O–H groups in total. The second-order valence-corrected chi connectivity index (χ2v) is 3.59. The minimum atomic E-state index is -4.41. The Morgan fingerprint density at radius 2 is 1.95 bits per heavy atom. The predicted octanol–water partition coefficient (Wildman–Crippen LogP) is 2.50. The Morgan fingerprint density at radius 1 is 1.30 bits per heavy atom. The fourth-order valence-electron chi connectivity index (χ4n) is 1.44. The van der Waals surface area contributed by atoms with Crippen molar-refractivity contribution < 1.29 is 17.9 Å². The standard InChI is InChI=1S/C12H16F3N3O.HI/c1-16-11(17-2)18-7-8-19-10-6-4-3-5-9(10)12(13,14)15;/h3-6H,7-8H2,1-2H3,(H2,16,17,18);1H. The van der Waals surface area contributed by atoms with Crippen molar-refractivity contribution in [2.24, 2.45) is 4.99 Å². The molecule has 1 rings (SSSR count). The third-order valence-electron chi connectivity index (χ3n) is 2.30. The van der Waals surface area contributed by atoms with Gasteiger partial charge in [0.05, 0.1) is 12.1 Å². The van der Waals surface area contributed by atoms with Crippen LogP contribution in [0.4, 0.5) is 13.2 Å². The number of hydrogen-bond acceptors (Lipinski definition) is 2. The van der Waals surface area contributed by atoms with Crippen molar-refractivity contribution >= 4 is 29.9 Å². The fraction of sp³-hybridized carbons (Fsp3) is 0.417. The minimum Gasteiger partial charge on any atom is -0.491 e. The van der Waals surface area contributed by atoms with Crippen LogP contribution in [0.25, 0.3) is 0 Å². The Kier molecular flexibility index (Phi) is 8.35. The first-order valence-corrected chi connectivity index (χ1v) is 5.66. The number of rotatable bonds is 4. The van der Waals surface area contributed by atoms with Crippen LogP contribution in [0.3, 0.4) is 0 Å². The van der Waals surface area contributed by atoms with Crippen molar-refractivity contribution in [3.8, 4) is 5.75 Å². The zero-order valence-corrected chi connectivity index (χ0v) is 13.5. The summed E-state index contributed by atoms with van der Waals surface area (Å²) in [7, 11) is 3.29. The molecule has 8 heteroatoms. The van der Waals surface area contributed by atoms with Gasteiger partial charge < -0.3 is 15.4 Å². The largest absolute Gasteiger partial charge is 0.491 e. The van der Waals surface area contributed by atoms with Crippen LogP contribution in [0.1, 0.15) is 5.56 Å². The fourth-order valence-corrected chi connectivity index (χ4v) is 1.44. The van der Waals surface area contributed by atoms with Gasteiger partial charge in [0.2, 0.25) is 0 Å². The van der Waals surface area contributed by atoms with Crippen molar-refractivity contribution in [3.63, 3.8) is 0 Å². The maximum Gasteiger partial charge on any atom is 0.419 e. The normalized spacial score (nSPS) is 11.6. The van der Waals surface area contributed by atoms with Gasteiger partial charge in [-0.2, -0.15) is 13.2 Å². The molecule has 0 aliphatic heterocycles. The van der Waals surface area contributed by atoms with E-state index in [2.05, 4.69) is 15.6 Å². The number of nitrogens with zero attached hydrogens (tertiary/aromatic N) is 1. The number of ether oxygens (including phenoxy) is 1. The lowest BCUT2D eigenvalue weighted by molar-refractivity contribution is -0.138. The molecule has 0 spiro atoms. The molecule has 4 nitrogen and oxygen atoms in total. The monoisotopic (exact) mass is 403 g/mol. The summed E-state index contributed by atoms with van der Waals surface area (Å²) in [6.45, 7) is 0.452. The van der Waals surface area contributed by atoms with E-state index >= 15 is 0 Å². The van der Waals surface area contributed by atoms with Crippen LogP contribution >= 0.6 is 24.0 Å². The minimum absolute atomic E-state index is 0. The van der Waals surface area contributed by atoms with E-state index in [1.807, 2.05) is 0 Å². The van der Waals surface area contributed by atoms with Crippen LogP contribution in [-0.4, -0.2) is 33.2 Å². The Hall–Kier alpha value is -1.19. The lowest BCUT2D eigenvalue weighted by Crippen LogP contribution is -2.37. The lowest BCUT2D eigenvalue weighted by Gasteiger charge is -2.14. The highest BCUT2D eigenvalue weighted by Crippen LogP contribution is 2.35. The maximum atomic E-state index is 12.7. The third-order valence-corrected chi connectivity index (χ3v) is 2.30. The average Bonchev–Trinajstić information content (AvgIpc) is 2.38. The van der Waals surface area contributed by atoms with Gasteiger partial charge in [0.1, 0.15) is 12.4 Å². The van der Waals surface area contributed by atoms with E-state index in [4.69, 9.17) is 4.74 Å². The summed E-state index contributed by atoms with van der Waals surface area (Å²) in [5.41, 5.74) is -0.770. The zero-order chi connectivity index (χ0) is 14.3. The lowest BCUT2D eigenvalue weighted by atomic mass is 10.2. The molecule has 0 aliphatic carbocycles. The number of guanidine groups is 1. The smallest absolute Gasteiger partial charge is 0.419 e. The molecule has 0 amide bonds. The molecular weight excluding hydrogens is 386 g/mol. The summed E-state index contributed by atoms with van der Waals surface area (Å²) < 4.78 is 43.1. The number of halogens is 4. The molecule has 0 heterocycles. The summed E-state index contributed by atoms with van der Waals surface area (Å²) in [4.78, 5) is 3.87. The van der Waals surface area contributed by atoms with E-state index in [0.29, 0.717) is 12.5 Å². The SMILES string of the molecule is CN=C(NC)NCCOc1ccccc1C(F)(F)F.I. The molecule has 1 aromatic rings. The molecule has 0 bridgehead atoms. The molecule has 0 aliphatic rings. The van der Waals surface area contributed by atoms with Crippen LogP contribution in [-0.2, 0) is 6.18 Å². The van der Waals surface area contributed by atoms with Gasteiger partial charge in [0, 0.05) is 14.1 Å². The molecular formula is C12H17F3IN3O. The van der Waals surface area contributed by atoms with Crippen LogP contribution in [0.5, 0.6) is 5.75 Å². The molecule has 0 saturated carbocycles. The topological polar surface area (TPSA) is 45.7 Å². The average molecular weight is 403 g/mol. The van der Waals surface area contributed by atoms with Gasteiger partial charge >= 0.3 is 6.18 Å². The molecule has 0 atom stereocenters. The van der Waals surface area contributed by atoms with Gasteiger partial charge in [0.25, 0.3) is 0 Å². The summed E-state index contributed by atoms with van der Waals surface area (Å²) in [6.07, 6.45) is -4.41. The highest BCUT2D eigenvalue weighted by Gasteiger charge is 2.33. The molecule has 114 valence electrons. The number of nitrogens with one attached hydrogen (secondary N) is 2. The number of aliphatic imine (C=N–C) groups is 1. The first-order valence-electron chi connectivity index (χ1n) is 5.66. The second-order valence-electron chi connectivity index (χ2n) is 3.59. The molecule has 0 saturated heterocycles. The van der Waals surface area contributed by atoms with E-state index in [1.54, 1.807) is 14.1 Å². The van der Waals surface area contributed by atoms with Crippen molar-refractivity contribution in [2.45, 2.75) is 6.18 Å². The number of hydrogen-bond donors (Lipinski definition) is 2. The summed E-state index contributed by atoms with van der Waals surface area (Å²) in [5.74, 6) is 0.379. The van der Waals surface area contributed by atoms with Gasteiger partial charge in [-0.3, -0.25) is 4.99 Å². The molecule has 0 radical (unpaired) electrons. The molecule has 0 aromatic heterocycles. The summed E-state index contributed by atoms with van der Waals surface area (Å²) in [5, 5.41) is 5.67. The van der Waals surface area contributed by atoms with Gasteiger partial charge in [-0.25, -0.2) is 0 Å². The van der Waals surface area contributed by atoms with Crippen molar-refractivity contribution in [1.29, 1.82) is 0 Å². The maximum absolute atomic E-state index is 12.7. The van der Waals surface area contributed by atoms with Crippen LogP contribution in [0.15, 0.2) is 29.3 Å². The molecule has 20 heavy (non-hydrogen) atoms. The Morgan fingerprint density at radius 3 is 2.50 bits per heavy atom. The van der Waals surface area contributed by atoms with Crippen molar-refractivity contribution in [1.82, 2.24) is 10.6 Å². The molecule has 1 aromatic carbocycles. The van der Waals surface area contributed by atoms with Gasteiger partial charge in [-0.1, -0.05) is 12.1 Å². The van der Waals surface area contributed by atoms with Crippen LogP contribution < -0.4 is 15.4 Å². The Balaban J connectivity index is 0.00000361. The first-order chi connectivity index (χ1) is 8.99. The van der Waals surface area contributed by atoms with Crippen LogP contribution in [0.2, 0.25) is 0 Å². The zero-order valence-electron chi connectivity index (χ0n) is 11.1. The quantitative estimate of drug-likeness (QED) is 0.352. The van der Waals surface area contributed by atoms with E-state index < -0.39 is 11.7 Å². The van der Waals surface area contributed by atoms with Gasteiger partial charge in [-0.05, 0) is 12.1 Å². The van der Waals surface area contributed by atoms with Gasteiger partial charge in [0.15, 0.2) is 5.96 Å². The number of alkyl halides is 3. The Labute approximate surface area is 132 Å². The highest BCUT2D eigenvalue weighted by molar-refractivity contribution is 14.0. The second kappa shape index (κ2) is 8.88. The summed E-state index contributed by atoms with van der Waals surface area (Å²) >= 11 is 0. The number of para-hydroxylation sites is 1. The van der Waals surface area contributed by atoms with E-state index in [-0.39, 0.29) is 36.3 Å². The van der Waals surface area contributed by atoms with Crippen LogP contribution in [0, 0.1) is 0 Å². The van der Waals surface area contributed by atoms with Gasteiger partial charge in [-0.15, -0.1) is 24.0 Å². The van der Waals surface area contributed by atoms with E-state index in [9.17, 15) is 13.2 Å². The van der Waals surface area contributed by atoms with Crippen molar-refractivity contribution in [2.75, 3.05) is 27.2 Å². The van der Waals surface area contributed by atoms with E-state index in [0.717, 1.165) is 6.07 Å². The summed E-state index contributed by atoms with van der Waals surface area (Å²) in [6, 6.07) is 5.13. The predicted molar refractivity (Wildman–Crippen MR) is 82.8 cm³/mol. The highest BCUT2D eigenvalue weighted by atomic mass is 127. The Bertz CT molecular complexity index is 438. The molecule has 0 unspecified atom stereocenters. The third kappa shape index (κ3) is 5.85. The number of benzene rings is 1. The van der Waals surface area contributed by atoms with Crippen molar-refractivity contribution in [3.05, 3.63) is 29.8 Å². The first kappa shape index (κ1) is 18.8.